The van der Waals surface area contributed by atoms with Gasteiger partial charge >= 0.3 is 6.18 Å². The Morgan fingerprint density at radius 1 is 1.03 bits per heavy atom. The Morgan fingerprint density at radius 2 is 1.74 bits per heavy atom. The Labute approximate surface area is 220 Å². The predicted octanol–water partition coefficient (Wildman–Crippen LogP) is 6.06. The molecule has 0 saturated heterocycles. The van der Waals surface area contributed by atoms with Crippen LogP contribution in [0.25, 0.3) is 0 Å². The van der Waals surface area contributed by atoms with Gasteiger partial charge in [-0.15, -0.1) is 0 Å². The standard InChI is InChI=1S/C27H32F4N4O2S/c1-33-24(15-32-33)18-35-23(10-6-19-4-2-3-5-19)17-34(16-20-14-22(28)9-13-26(20)35)38(36,37)25-11-7-21(8-12-25)27(29,30)31/h7-9,11-15,19,23,32H,2-6,10,16-18H2,1H3. The van der Waals surface area contributed by atoms with Crippen LogP contribution >= 0.6 is 0 Å². The van der Waals surface area contributed by atoms with Gasteiger partial charge in [0.1, 0.15) is 5.82 Å². The molecule has 3 aromatic rings. The van der Waals surface area contributed by atoms with Gasteiger partial charge in [-0.25, -0.2) is 12.8 Å². The van der Waals surface area contributed by atoms with Crippen LogP contribution in [0.4, 0.5) is 23.2 Å². The molecule has 11 heteroatoms. The van der Waals surface area contributed by atoms with E-state index in [1.165, 1.54) is 42.1 Å². The molecule has 0 amide bonds. The summed E-state index contributed by atoms with van der Waals surface area (Å²) in [4.78, 5) is 1.95. The van der Waals surface area contributed by atoms with Gasteiger partial charge in [-0.3, -0.25) is 4.68 Å². The van der Waals surface area contributed by atoms with Gasteiger partial charge in [0.05, 0.1) is 22.7 Å². The molecule has 1 atom stereocenters. The highest BCUT2D eigenvalue weighted by Gasteiger charge is 2.36. The van der Waals surface area contributed by atoms with Crippen molar-refractivity contribution in [2.75, 3.05) is 11.4 Å². The van der Waals surface area contributed by atoms with Gasteiger partial charge in [-0.05, 0) is 66.8 Å². The van der Waals surface area contributed by atoms with Crippen molar-refractivity contribution in [3.8, 4) is 0 Å². The molecule has 0 bridgehead atoms. The number of hydrogen-bond acceptors (Lipinski definition) is 3. The zero-order valence-electron chi connectivity index (χ0n) is 21.2. The third kappa shape index (κ3) is 5.49. The topological polar surface area (TPSA) is 61.3 Å². The number of sulfonamides is 1. The highest BCUT2D eigenvalue weighted by atomic mass is 32.2. The quantitative estimate of drug-likeness (QED) is 0.363. The molecule has 1 unspecified atom stereocenters. The maximum atomic E-state index is 14.4. The Bertz CT molecular complexity index is 1360. The number of benzene rings is 2. The van der Waals surface area contributed by atoms with Crippen LogP contribution in [0.2, 0.25) is 0 Å². The van der Waals surface area contributed by atoms with E-state index in [1.807, 2.05) is 17.9 Å². The number of fused-ring (bicyclic) bond motifs is 1. The van der Waals surface area contributed by atoms with Gasteiger partial charge in [0.2, 0.25) is 10.0 Å². The Morgan fingerprint density at radius 3 is 2.34 bits per heavy atom. The molecule has 0 radical (unpaired) electrons. The van der Waals surface area contributed by atoms with E-state index in [-0.39, 0.29) is 24.0 Å². The van der Waals surface area contributed by atoms with Gasteiger partial charge in [-0.1, -0.05) is 25.7 Å². The minimum Gasteiger partial charge on any atom is -0.361 e. The summed E-state index contributed by atoms with van der Waals surface area (Å²) in [6.45, 7) is 0.600. The van der Waals surface area contributed by atoms with Gasteiger partial charge in [0, 0.05) is 38.1 Å². The average Bonchev–Trinajstić information content (AvgIpc) is 3.34. The average molecular weight is 553 g/mol. The second-order valence-electron chi connectivity index (χ2n) is 10.4. The fraction of sp³-hybridized carbons (Fsp3) is 0.481. The minimum absolute atomic E-state index is 0.0694. The molecule has 1 aromatic heterocycles. The third-order valence-corrected chi connectivity index (χ3v) is 9.77. The molecule has 2 aromatic carbocycles. The number of aromatic amines is 1. The maximum absolute atomic E-state index is 14.4. The second-order valence-corrected chi connectivity index (χ2v) is 12.4. The van der Waals surface area contributed by atoms with Crippen LogP contribution in [-0.2, 0) is 36.3 Å². The zero-order valence-corrected chi connectivity index (χ0v) is 22.0. The van der Waals surface area contributed by atoms with Crippen LogP contribution in [-0.4, -0.2) is 35.1 Å². The number of H-pyrrole nitrogens is 1. The molecule has 206 valence electrons. The normalized spacial score (nSPS) is 19.6. The van der Waals surface area contributed by atoms with E-state index >= 15 is 0 Å². The molecular formula is C27H32F4N4O2S. The second kappa shape index (κ2) is 10.4. The van der Waals surface area contributed by atoms with E-state index in [1.54, 1.807) is 6.07 Å². The first-order valence-corrected chi connectivity index (χ1v) is 14.4. The van der Waals surface area contributed by atoms with E-state index in [0.29, 0.717) is 18.0 Å². The number of nitrogens with zero attached hydrogens (tertiary/aromatic N) is 3. The first kappa shape index (κ1) is 26.8. The van der Waals surface area contributed by atoms with Crippen molar-refractivity contribution in [1.82, 2.24) is 14.1 Å². The first-order chi connectivity index (χ1) is 18.0. The fourth-order valence-electron chi connectivity index (χ4n) is 5.69. The number of anilines is 1. The van der Waals surface area contributed by atoms with Crippen LogP contribution in [0.15, 0.2) is 53.6 Å². The largest absolute Gasteiger partial charge is 0.416 e. The van der Waals surface area contributed by atoms with Crippen molar-refractivity contribution >= 4 is 15.7 Å². The minimum atomic E-state index is -4.56. The van der Waals surface area contributed by atoms with Crippen LogP contribution in [0.3, 0.4) is 0 Å². The SMILES string of the molecule is Cn1[nH]cc1CN1c2ccc(F)cc2CN(S(=O)(=O)c2ccc(C(F)(F)F)cc2)CC1CCC1CCCC1. The van der Waals surface area contributed by atoms with Crippen LogP contribution in [0.1, 0.15) is 55.3 Å². The van der Waals surface area contributed by atoms with E-state index < -0.39 is 27.6 Å². The maximum Gasteiger partial charge on any atom is 0.416 e. The van der Waals surface area contributed by atoms with Gasteiger partial charge < -0.3 is 10.00 Å². The smallest absolute Gasteiger partial charge is 0.361 e. The summed E-state index contributed by atoms with van der Waals surface area (Å²) in [5.41, 5.74) is 1.41. The van der Waals surface area contributed by atoms with Crippen LogP contribution in [0.5, 0.6) is 0 Å². The van der Waals surface area contributed by atoms with E-state index in [9.17, 15) is 26.0 Å². The summed E-state index contributed by atoms with van der Waals surface area (Å²) in [5.74, 6) is 0.127. The van der Waals surface area contributed by atoms with Crippen molar-refractivity contribution in [1.29, 1.82) is 0 Å². The number of alkyl halides is 3. The Balaban J connectivity index is 1.51. The third-order valence-electron chi connectivity index (χ3n) is 7.94. The number of rotatable bonds is 7. The van der Waals surface area contributed by atoms with Crippen LogP contribution < -0.4 is 4.90 Å². The van der Waals surface area contributed by atoms with Crippen molar-refractivity contribution in [3.05, 3.63) is 71.3 Å². The molecule has 1 saturated carbocycles. The van der Waals surface area contributed by atoms with Gasteiger partial charge in [0.25, 0.3) is 0 Å². The molecule has 1 N–H and O–H groups in total. The van der Waals surface area contributed by atoms with Gasteiger partial charge in [-0.2, -0.15) is 17.5 Å². The fourth-order valence-corrected chi connectivity index (χ4v) is 7.15. The number of halogens is 4. The van der Waals surface area contributed by atoms with E-state index in [0.717, 1.165) is 48.5 Å². The summed E-state index contributed by atoms with van der Waals surface area (Å²) in [6, 6.07) is 7.82. The van der Waals surface area contributed by atoms with Crippen molar-refractivity contribution in [2.24, 2.45) is 13.0 Å². The molecule has 1 fully saturated rings. The van der Waals surface area contributed by atoms with Gasteiger partial charge in [0.15, 0.2) is 0 Å². The zero-order chi connectivity index (χ0) is 27.1. The molecule has 6 nitrogen and oxygen atoms in total. The van der Waals surface area contributed by atoms with E-state index in [4.69, 9.17) is 0 Å². The number of hydrogen-bond donors (Lipinski definition) is 1. The lowest BCUT2D eigenvalue weighted by Crippen LogP contribution is -2.44. The molecule has 2 aliphatic rings. The lowest BCUT2D eigenvalue weighted by Gasteiger charge is -2.35. The molecule has 0 spiro atoms. The highest BCUT2D eigenvalue weighted by Crippen LogP contribution is 2.37. The summed E-state index contributed by atoms with van der Waals surface area (Å²) >= 11 is 0. The monoisotopic (exact) mass is 552 g/mol. The first-order valence-electron chi connectivity index (χ1n) is 12.9. The molecule has 38 heavy (non-hydrogen) atoms. The van der Waals surface area contributed by atoms with Crippen molar-refractivity contribution < 1.29 is 26.0 Å². The molecule has 2 heterocycles. The summed E-state index contributed by atoms with van der Waals surface area (Å²) in [6.07, 6.45) is 3.78. The summed E-state index contributed by atoms with van der Waals surface area (Å²) < 4.78 is 84.3. The Hall–Kier alpha value is -2.79. The number of aromatic nitrogens is 2. The van der Waals surface area contributed by atoms with Crippen molar-refractivity contribution in [3.63, 3.8) is 0 Å². The number of aryl methyl sites for hydroxylation is 1. The lowest BCUT2D eigenvalue weighted by atomic mass is 9.97. The molecule has 1 aliphatic carbocycles. The van der Waals surface area contributed by atoms with E-state index in [2.05, 4.69) is 10.00 Å². The lowest BCUT2D eigenvalue weighted by molar-refractivity contribution is -0.137. The number of nitrogens with one attached hydrogen (secondary N) is 1. The van der Waals surface area contributed by atoms with Crippen molar-refractivity contribution in [2.45, 2.75) is 68.7 Å². The molecule has 5 rings (SSSR count). The molecular weight excluding hydrogens is 520 g/mol. The molecule has 1 aliphatic heterocycles. The predicted molar refractivity (Wildman–Crippen MR) is 136 cm³/mol. The highest BCUT2D eigenvalue weighted by molar-refractivity contribution is 7.89. The Kier molecular flexibility index (Phi) is 7.34. The summed E-state index contributed by atoms with van der Waals surface area (Å²) in [5, 5.41) is 3.06. The summed E-state index contributed by atoms with van der Waals surface area (Å²) in [7, 11) is -2.25. The van der Waals surface area contributed by atoms with Crippen LogP contribution in [0, 0.1) is 11.7 Å².